The zero-order valence-corrected chi connectivity index (χ0v) is 14.7. The van der Waals surface area contributed by atoms with Gasteiger partial charge in [-0.05, 0) is 24.5 Å². The van der Waals surface area contributed by atoms with Crippen molar-refractivity contribution in [3.8, 4) is 0 Å². The quantitative estimate of drug-likeness (QED) is 0.354. The largest absolute Gasteiger partial charge is 0.336 e. The molecule has 0 atom stereocenters. The van der Waals surface area contributed by atoms with Crippen LogP contribution in [0.15, 0.2) is 36.4 Å². The van der Waals surface area contributed by atoms with Gasteiger partial charge < -0.3 is 4.90 Å². The molecule has 0 aromatic heterocycles. The van der Waals surface area contributed by atoms with Crippen LogP contribution in [0.1, 0.15) is 51.5 Å². The minimum Gasteiger partial charge on any atom is -0.336 e. The van der Waals surface area contributed by atoms with Crippen molar-refractivity contribution >= 4 is 23.5 Å². The van der Waals surface area contributed by atoms with Crippen LogP contribution in [-0.4, -0.2) is 35.5 Å². The van der Waals surface area contributed by atoms with Crippen LogP contribution in [0.5, 0.6) is 0 Å². The minimum absolute atomic E-state index is 0.344. The van der Waals surface area contributed by atoms with Gasteiger partial charge in [0.15, 0.2) is 5.78 Å². The maximum atomic E-state index is 12.3. The Kier molecular flexibility index (Phi) is 9.35. The summed E-state index contributed by atoms with van der Waals surface area (Å²) in [6.07, 6.45) is 6.31. The number of nitrogens with zero attached hydrogens (tertiary/aromatic N) is 1. The first-order valence-corrected chi connectivity index (χ1v) is 8.66. The zero-order chi connectivity index (χ0) is 17.8. The molecule has 0 radical (unpaired) electrons. The van der Waals surface area contributed by atoms with E-state index >= 15 is 0 Å². The molecule has 1 rings (SSSR count). The van der Waals surface area contributed by atoms with Crippen LogP contribution in [0.25, 0.3) is 6.08 Å². The van der Waals surface area contributed by atoms with Crippen LogP contribution < -0.4 is 0 Å². The van der Waals surface area contributed by atoms with Crippen LogP contribution >= 0.6 is 0 Å². The topological polar surface area (TPSA) is 54.5 Å². The summed E-state index contributed by atoms with van der Waals surface area (Å²) in [5, 5.41) is 0. The predicted octanol–water partition coefficient (Wildman–Crippen LogP) is 3.66. The van der Waals surface area contributed by atoms with Gasteiger partial charge in [0.25, 0.3) is 5.91 Å². The molecule has 0 heterocycles. The van der Waals surface area contributed by atoms with Gasteiger partial charge >= 0.3 is 0 Å². The van der Waals surface area contributed by atoms with E-state index in [4.69, 9.17) is 0 Å². The summed E-state index contributed by atoms with van der Waals surface area (Å²) >= 11 is 0. The summed E-state index contributed by atoms with van der Waals surface area (Å²) < 4.78 is 0. The highest BCUT2D eigenvalue weighted by Crippen LogP contribution is 2.05. The van der Waals surface area contributed by atoms with Crippen LogP contribution in [-0.2, 0) is 14.4 Å². The molecule has 0 N–H and O–H groups in total. The lowest BCUT2D eigenvalue weighted by molar-refractivity contribution is -0.145. The Balaban J connectivity index is 2.58. The molecule has 0 aliphatic carbocycles. The molecule has 0 unspecified atom stereocenters. The zero-order valence-electron chi connectivity index (χ0n) is 14.7. The van der Waals surface area contributed by atoms with Crippen molar-refractivity contribution in [2.24, 2.45) is 0 Å². The second kappa shape index (κ2) is 11.3. The summed E-state index contributed by atoms with van der Waals surface area (Å²) in [6.45, 7) is 5.24. The van der Waals surface area contributed by atoms with Gasteiger partial charge in [-0.15, -0.1) is 0 Å². The van der Waals surface area contributed by atoms with Crippen LogP contribution in [0.2, 0.25) is 0 Å². The average Bonchev–Trinajstić information content (AvgIpc) is 2.60. The first-order valence-electron chi connectivity index (χ1n) is 8.66. The van der Waals surface area contributed by atoms with Gasteiger partial charge in [0.05, 0.1) is 6.42 Å². The van der Waals surface area contributed by atoms with Gasteiger partial charge in [-0.1, -0.05) is 63.1 Å². The second-order valence-electron chi connectivity index (χ2n) is 5.81. The van der Waals surface area contributed by atoms with E-state index in [0.29, 0.717) is 13.1 Å². The van der Waals surface area contributed by atoms with Crippen molar-refractivity contribution < 1.29 is 14.4 Å². The molecule has 1 aromatic rings. The van der Waals surface area contributed by atoms with Gasteiger partial charge in [-0.2, -0.15) is 0 Å². The molecular formula is C20H27NO3. The van der Waals surface area contributed by atoms with Crippen LogP contribution in [0, 0.1) is 0 Å². The number of carbonyl (C=O) groups is 3. The third kappa shape index (κ3) is 7.36. The Labute approximate surface area is 144 Å². The van der Waals surface area contributed by atoms with Crippen molar-refractivity contribution in [3.63, 3.8) is 0 Å². The molecule has 4 heteroatoms. The third-order valence-corrected chi connectivity index (χ3v) is 3.68. The van der Waals surface area contributed by atoms with Crippen molar-refractivity contribution in [1.29, 1.82) is 0 Å². The maximum absolute atomic E-state index is 12.3. The fraction of sp³-hybridized carbons (Fsp3) is 0.450. The first kappa shape index (κ1) is 19.8. The van der Waals surface area contributed by atoms with Gasteiger partial charge in [0.1, 0.15) is 0 Å². The minimum atomic E-state index is -0.620. The van der Waals surface area contributed by atoms with Gasteiger partial charge in [0.2, 0.25) is 5.78 Å². The highest BCUT2D eigenvalue weighted by molar-refractivity contribution is 6.39. The molecular weight excluding hydrogens is 302 g/mol. The molecule has 1 aromatic carbocycles. The number of benzene rings is 1. The Morgan fingerprint density at radius 2 is 1.54 bits per heavy atom. The molecule has 0 aliphatic rings. The van der Waals surface area contributed by atoms with E-state index in [1.54, 1.807) is 11.0 Å². The number of hydrogen-bond acceptors (Lipinski definition) is 3. The summed E-state index contributed by atoms with van der Waals surface area (Å²) in [5.74, 6) is -1.49. The summed E-state index contributed by atoms with van der Waals surface area (Å²) in [7, 11) is 0. The smallest absolute Gasteiger partial charge is 0.290 e. The second-order valence-corrected chi connectivity index (χ2v) is 5.81. The van der Waals surface area contributed by atoms with E-state index in [1.807, 2.05) is 44.2 Å². The predicted molar refractivity (Wildman–Crippen MR) is 96.5 cm³/mol. The number of unbranched alkanes of at least 4 members (excludes halogenated alkanes) is 2. The van der Waals surface area contributed by atoms with Crippen LogP contribution in [0.3, 0.4) is 0 Å². The normalized spacial score (nSPS) is 10.8. The van der Waals surface area contributed by atoms with Crippen molar-refractivity contribution in [2.75, 3.05) is 13.1 Å². The summed E-state index contributed by atoms with van der Waals surface area (Å²) in [4.78, 5) is 37.8. The molecule has 0 fully saturated rings. The summed E-state index contributed by atoms with van der Waals surface area (Å²) in [5.41, 5.74) is 0.886. The van der Waals surface area contributed by atoms with Gasteiger partial charge in [-0.25, -0.2) is 0 Å². The van der Waals surface area contributed by atoms with E-state index < -0.39 is 11.7 Å². The molecule has 0 saturated carbocycles. The van der Waals surface area contributed by atoms with Crippen molar-refractivity contribution in [1.82, 2.24) is 4.90 Å². The number of ketones is 2. The third-order valence-electron chi connectivity index (χ3n) is 3.68. The van der Waals surface area contributed by atoms with E-state index in [2.05, 4.69) is 0 Å². The molecule has 0 spiro atoms. The highest BCUT2D eigenvalue weighted by atomic mass is 16.2. The van der Waals surface area contributed by atoms with E-state index in [0.717, 1.165) is 31.2 Å². The lowest BCUT2D eigenvalue weighted by Gasteiger charge is -2.21. The highest BCUT2D eigenvalue weighted by Gasteiger charge is 2.22. The first-order chi connectivity index (χ1) is 11.6. The number of amides is 1. The molecule has 0 saturated heterocycles. The Morgan fingerprint density at radius 1 is 0.958 bits per heavy atom. The Hall–Kier alpha value is -2.23. The number of carbonyl (C=O) groups excluding carboxylic acids is 3. The molecule has 24 heavy (non-hydrogen) atoms. The van der Waals surface area contributed by atoms with Crippen molar-refractivity contribution in [3.05, 3.63) is 42.0 Å². The summed E-state index contributed by atoms with van der Waals surface area (Å²) in [6, 6.07) is 9.38. The molecule has 0 aliphatic heterocycles. The molecule has 1 amide bonds. The SMILES string of the molecule is CCCCN(CCCC)C(=O)C(=O)CC(=O)/C=C/c1ccccc1. The molecule has 130 valence electrons. The lowest BCUT2D eigenvalue weighted by atomic mass is 10.1. The average molecular weight is 329 g/mol. The number of Topliss-reactive ketones (excluding diaryl/α,β-unsaturated/α-hetero) is 1. The van der Waals surface area contributed by atoms with E-state index in [1.165, 1.54) is 6.08 Å². The molecule has 0 bridgehead atoms. The number of hydrogen-bond donors (Lipinski definition) is 0. The van der Waals surface area contributed by atoms with E-state index in [-0.39, 0.29) is 12.2 Å². The Bertz CT molecular complexity index is 556. The maximum Gasteiger partial charge on any atom is 0.290 e. The van der Waals surface area contributed by atoms with Crippen LogP contribution in [0.4, 0.5) is 0 Å². The monoisotopic (exact) mass is 329 g/mol. The number of rotatable bonds is 11. The number of allylic oxidation sites excluding steroid dienone is 1. The fourth-order valence-corrected chi connectivity index (χ4v) is 2.24. The van der Waals surface area contributed by atoms with Crippen molar-refractivity contribution in [2.45, 2.75) is 46.0 Å². The molecule has 4 nitrogen and oxygen atoms in total. The van der Waals surface area contributed by atoms with E-state index in [9.17, 15) is 14.4 Å². The Morgan fingerprint density at radius 3 is 2.08 bits per heavy atom. The lowest BCUT2D eigenvalue weighted by Crippen LogP contribution is -2.38. The standard InChI is InChI=1S/C20H27NO3/c1-3-5-14-21(15-6-4-2)20(24)19(23)16-18(22)13-12-17-10-8-7-9-11-17/h7-13H,3-6,14-16H2,1-2H3/b13-12+. The van der Waals surface area contributed by atoms with Gasteiger partial charge in [0, 0.05) is 13.1 Å². The fourth-order valence-electron chi connectivity index (χ4n) is 2.24. The van der Waals surface area contributed by atoms with Gasteiger partial charge in [-0.3, -0.25) is 14.4 Å².